The molecular formula is C21H20N4O4. The highest BCUT2D eigenvalue weighted by atomic mass is 16.7. The molecule has 0 spiro atoms. The van der Waals surface area contributed by atoms with Crippen molar-refractivity contribution in [3.63, 3.8) is 0 Å². The summed E-state index contributed by atoms with van der Waals surface area (Å²) in [5.74, 6) is -1.40. The molecule has 8 heteroatoms. The van der Waals surface area contributed by atoms with Gasteiger partial charge in [-0.15, -0.1) is 0 Å². The lowest BCUT2D eigenvalue weighted by Gasteiger charge is -2.51. The molecule has 1 aromatic carbocycles. The molecule has 2 bridgehead atoms. The highest BCUT2D eigenvalue weighted by molar-refractivity contribution is 5.89. The highest BCUT2D eigenvalue weighted by Gasteiger charge is 2.80. The Bertz CT molecular complexity index is 989. The minimum Gasteiger partial charge on any atom is -0.493 e. The van der Waals surface area contributed by atoms with Gasteiger partial charge in [-0.25, -0.2) is 0 Å². The molecule has 1 saturated carbocycles. The molecule has 2 saturated heterocycles. The lowest BCUT2D eigenvalue weighted by Crippen LogP contribution is -2.60. The van der Waals surface area contributed by atoms with Crippen LogP contribution < -0.4 is 9.47 Å². The zero-order valence-electron chi connectivity index (χ0n) is 16.2. The smallest absolute Gasteiger partial charge is 0.217 e. The molecule has 148 valence electrons. The van der Waals surface area contributed by atoms with E-state index in [-0.39, 0.29) is 5.90 Å². The molecule has 2 aliphatic heterocycles. The Kier molecular flexibility index (Phi) is 4.19. The SMILES string of the molecule is COc1cccc(C2OC34CCCCC3C(C#N)(C(=N)O4)C2(C#N)C#N)c1OC. The Morgan fingerprint density at radius 1 is 1.10 bits per heavy atom. The van der Waals surface area contributed by atoms with Crippen LogP contribution in [0.15, 0.2) is 18.2 Å². The summed E-state index contributed by atoms with van der Waals surface area (Å²) in [6.45, 7) is 0. The maximum Gasteiger partial charge on any atom is 0.217 e. The van der Waals surface area contributed by atoms with Crippen LogP contribution in [0.3, 0.4) is 0 Å². The molecule has 29 heavy (non-hydrogen) atoms. The predicted molar refractivity (Wildman–Crippen MR) is 98.6 cm³/mol. The zero-order valence-corrected chi connectivity index (χ0v) is 16.2. The van der Waals surface area contributed by atoms with Crippen molar-refractivity contribution in [1.29, 1.82) is 21.2 Å². The molecule has 8 nitrogen and oxygen atoms in total. The van der Waals surface area contributed by atoms with Gasteiger partial charge < -0.3 is 18.9 Å². The number of hydrogen-bond donors (Lipinski definition) is 1. The van der Waals surface area contributed by atoms with Crippen molar-refractivity contribution in [2.24, 2.45) is 16.7 Å². The number of hydrogen-bond acceptors (Lipinski definition) is 8. The number of nitrogens with zero attached hydrogens (tertiary/aromatic N) is 3. The van der Waals surface area contributed by atoms with Gasteiger partial charge in [0.15, 0.2) is 16.9 Å². The summed E-state index contributed by atoms with van der Waals surface area (Å²) >= 11 is 0. The molecule has 0 radical (unpaired) electrons. The maximum atomic E-state index is 10.3. The van der Waals surface area contributed by atoms with Crippen molar-refractivity contribution in [2.75, 3.05) is 14.2 Å². The Morgan fingerprint density at radius 3 is 2.48 bits per heavy atom. The summed E-state index contributed by atoms with van der Waals surface area (Å²) < 4.78 is 23.2. The van der Waals surface area contributed by atoms with E-state index in [9.17, 15) is 15.8 Å². The average Bonchev–Trinajstić information content (AvgIpc) is 2.97. The molecule has 0 aromatic heterocycles. The number of para-hydroxylation sites is 1. The minimum atomic E-state index is -1.99. The van der Waals surface area contributed by atoms with Gasteiger partial charge in [0.1, 0.15) is 6.10 Å². The van der Waals surface area contributed by atoms with Crippen LogP contribution in [-0.4, -0.2) is 25.9 Å². The van der Waals surface area contributed by atoms with Gasteiger partial charge in [-0.05, 0) is 18.9 Å². The lowest BCUT2D eigenvalue weighted by molar-refractivity contribution is -0.294. The predicted octanol–water partition coefficient (Wildman–Crippen LogP) is 3.21. The molecule has 3 fully saturated rings. The van der Waals surface area contributed by atoms with Crippen LogP contribution in [0.25, 0.3) is 0 Å². The monoisotopic (exact) mass is 392 g/mol. The first-order valence-corrected chi connectivity index (χ1v) is 9.40. The van der Waals surface area contributed by atoms with Crippen LogP contribution in [0.4, 0.5) is 0 Å². The van der Waals surface area contributed by atoms with Crippen LogP contribution in [0, 0.1) is 56.2 Å². The summed E-state index contributed by atoms with van der Waals surface area (Å²) in [7, 11) is 2.94. The number of rotatable bonds is 3. The van der Waals surface area contributed by atoms with Crippen molar-refractivity contribution in [1.82, 2.24) is 0 Å². The van der Waals surface area contributed by atoms with Gasteiger partial charge in [0, 0.05) is 12.0 Å². The van der Waals surface area contributed by atoms with Crippen molar-refractivity contribution >= 4 is 5.90 Å². The fourth-order valence-electron chi connectivity index (χ4n) is 5.26. The number of methoxy groups -OCH3 is 2. The van der Waals surface area contributed by atoms with Gasteiger partial charge in [0.05, 0.1) is 38.3 Å². The third-order valence-corrected chi connectivity index (χ3v) is 6.53. The van der Waals surface area contributed by atoms with Gasteiger partial charge >= 0.3 is 0 Å². The number of nitriles is 3. The van der Waals surface area contributed by atoms with E-state index in [0.717, 1.165) is 12.8 Å². The Labute approximate surface area is 168 Å². The molecule has 4 atom stereocenters. The van der Waals surface area contributed by atoms with E-state index in [1.54, 1.807) is 18.2 Å². The highest BCUT2D eigenvalue weighted by Crippen LogP contribution is 2.70. The van der Waals surface area contributed by atoms with Gasteiger partial charge in [-0.2, -0.15) is 15.8 Å². The Morgan fingerprint density at radius 2 is 1.86 bits per heavy atom. The average molecular weight is 392 g/mol. The van der Waals surface area contributed by atoms with E-state index in [1.165, 1.54) is 14.2 Å². The first-order chi connectivity index (χ1) is 14.0. The standard InChI is InChI=1S/C21H20N4O4/c1-26-14-7-5-6-13(16(14)27-2)17-19(10-22,11-23)20(12-24)15-8-3-4-9-21(15,28-17)29-18(20)25/h5-7,15,17,25H,3-4,8-9H2,1-2H3. The normalized spacial score (nSPS) is 34.0. The number of ether oxygens (including phenoxy) is 4. The minimum absolute atomic E-state index is 0.319. The second-order valence-electron chi connectivity index (χ2n) is 7.57. The molecule has 1 N–H and O–H groups in total. The summed E-state index contributed by atoms with van der Waals surface area (Å²) in [5.41, 5.74) is -3.30. The molecule has 2 heterocycles. The van der Waals surface area contributed by atoms with Gasteiger partial charge in [-0.3, -0.25) is 5.41 Å². The third-order valence-electron chi connectivity index (χ3n) is 6.53. The van der Waals surface area contributed by atoms with E-state index in [2.05, 4.69) is 18.2 Å². The lowest BCUT2D eigenvalue weighted by atomic mass is 9.51. The van der Waals surface area contributed by atoms with Gasteiger partial charge in [0.25, 0.3) is 0 Å². The van der Waals surface area contributed by atoms with Crippen molar-refractivity contribution in [2.45, 2.75) is 37.6 Å². The molecule has 4 rings (SSSR count). The summed E-state index contributed by atoms with van der Waals surface area (Å²) in [4.78, 5) is 0. The quantitative estimate of drug-likeness (QED) is 0.835. The topological polar surface area (TPSA) is 132 Å². The third kappa shape index (κ3) is 2.06. The molecule has 0 amide bonds. The van der Waals surface area contributed by atoms with E-state index < -0.39 is 28.6 Å². The molecule has 4 unspecified atom stereocenters. The largest absolute Gasteiger partial charge is 0.493 e. The van der Waals surface area contributed by atoms with E-state index in [1.807, 2.05) is 0 Å². The van der Waals surface area contributed by atoms with Gasteiger partial charge in [-0.1, -0.05) is 18.6 Å². The van der Waals surface area contributed by atoms with E-state index >= 15 is 0 Å². The van der Waals surface area contributed by atoms with Crippen LogP contribution >= 0.6 is 0 Å². The summed E-state index contributed by atoms with van der Waals surface area (Å²) in [6.07, 6.45) is 1.50. The molecule has 1 aliphatic carbocycles. The van der Waals surface area contributed by atoms with Crippen LogP contribution in [0.2, 0.25) is 0 Å². The first-order valence-electron chi connectivity index (χ1n) is 9.40. The zero-order chi connectivity index (χ0) is 20.9. The summed E-state index contributed by atoms with van der Waals surface area (Å²) in [6, 6.07) is 11.4. The van der Waals surface area contributed by atoms with Crippen molar-refractivity contribution in [3.05, 3.63) is 23.8 Å². The van der Waals surface area contributed by atoms with E-state index in [4.69, 9.17) is 24.4 Å². The first kappa shape index (κ1) is 19.1. The van der Waals surface area contributed by atoms with Crippen molar-refractivity contribution in [3.8, 4) is 29.7 Å². The maximum absolute atomic E-state index is 10.3. The second-order valence-corrected chi connectivity index (χ2v) is 7.57. The number of nitrogens with one attached hydrogen (secondary N) is 1. The summed E-state index contributed by atoms with van der Waals surface area (Å²) in [5, 5.41) is 39.3. The number of benzene rings is 1. The molecular weight excluding hydrogens is 372 g/mol. The molecule has 3 aliphatic rings. The second kappa shape index (κ2) is 6.37. The van der Waals surface area contributed by atoms with E-state index in [0.29, 0.717) is 29.9 Å². The molecule has 1 aromatic rings. The Hall–Kier alpha value is -3.28. The fraction of sp³-hybridized carbons (Fsp3) is 0.524. The van der Waals surface area contributed by atoms with Crippen LogP contribution in [-0.2, 0) is 9.47 Å². The fourth-order valence-corrected chi connectivity index (χ4v) is 5.26. The Balaban J connectivity index is 2.03. The van der Waals surface area contributed by atoms with Crippen LogP contribution in [0.1, 0.15) is 37.4 Å². The van der Waals surface area contributed by atoms with Gasteiger partial charge in [0.2, 0.25) is 17.1 Å². The van der Waals surface area contributed by atoms with Crippen LogP contribution in [0.5, 0.6) is 11.5 Å². The van der Waals surface area contributed by atoms with Crippen molar-refractivity contribution < 1.29 is 18.9 Å².